The smallest absolute Gasteiger partial charge is 0.310 e. The van der Waals surface area contributed by atoms with Crippen molar-refractivity contribution in [2.45, 2.75) is 13.0 Å². The Kier molecular flexibility index (Phi) is 5.38. The monoisotopic (exact) mass is 273 g/mol. The molecule has 106 valence electrons. The molecular weight excluding hydrogens is 254 g/mol. The first-order valence-electron chi connectivity index (χ1n) is 6.64. The molecule has 2 rings (SSSR count). The third-order valence-electron chi connectivity index (χ3n) is 3.12. The van der Waals surface area contributed by atoms with E-state index in [0.29, 0.717) is 13.0 Å². The predicted octanol–water partition coefficient (Wildman–Crippen LogP) is 2.40. The highest BCUT2D eigenvalue weighted by molar-refractivity contribution is 5.72. The van der Waals surface area contributed by atoms with Crippen LogP contribution < -0.4 is 5.32 Å². The van der Waals surface area contributed by atoms with Crippen LogP contribution in [0.2, 0.25) is 0 Å². The molecule has 1 heterocycles. The van der Waals surface area contributed by atoms with Crippen molar-refractivity contribution in [2.24, 2.45) is 5.92 Å². The van der Waals surface area contributed by atoms with Crippen LogP contribution in [-0.4, -0.2) is 19.6 Å². The number of furan rings is 1. The average Bonchev–Trinajstić information content (AvgIpc) is 2.99. The molecule has 0 bridgehead atoms. The van der Waals surface area contributed by atoms with E-state index in [2.05, 4.69) is 5.32 Å². The SMILES string of the molecule is COC(=O)C(CNCc1ccccc1)Cc1ccco1. The average molecular weight is 273 g/mol. The molecule has 0 fully saturated rings. The Morgan fingerprint density at radius 2 is 2.05 bits per heavy atom. The summed E-state index contributed by atoms with van der Waals surface area (Å²) in [6, 6.07) is 13.8. The van der Waals surface area contributed by atoms with Crippen molar-refractivity contribution < 1.29 is 13.9 Å². The lowest BCUT2D eigenvalue weighted by Gasteiger charge is -2.14. The van der Waals surface area contributed by atoms with E-state index < -0.39 is 0 Å². The maximum Gasteiger partial charge on any atom is 0.310 e. The number of carbonyl (C=O) groups excluding carboxylic acids is 1. The maximum absolute atomic E-state index is 11.8. The summed E-state index contributed by atoms with van der Waals surface area (Å²) in [5.41, 5.74) is 1.19. The van der Waals surface area contributed by atoms with Crippen LogP contribution in [0.5, 0.6) is 0 Å². The zero-order valence-corrected chi connectivity index (χ0v) is 11.5. The first-order valence-corrected chi connectivity index (χ1v) is 6.64. The summed E-state index contributed by atoms with van der Waals surface area (Å²) in [6.07, 6.45) is 2.16. The van der Waals surface area contributed by atoms with Crippen molar-refractivity contribution in [3.05, 3.63) is 60.1 Å². The summed E-state index contributed by atoms with van der Waals surface area (Å²) < 4.78 is 10.1. The number of rotatable bonds is 7. The number of nitrogens with one attached hydrogen (secondary N) is 1. The quantitative estimate of drug-likeness (QED) is 0.787. The lowest BCUT2D eigenvalue weighted by molar-refractivity contribution is -0.145. The zero-order chi connectivity index (χ0) is 14.2. The fraction of sp³-hybridized carbons (Fsp3) is 0.312. The number of esters is 1. The lowest BCUT2D eigenvalue weighted by Crippen LogP contribution is -2.30. The number of hydrogen-bond acceptors (Lipinski definition) is 4. The summed E-state index contributed by atoms with van der Waals surface area (Å²) >= 11 is 0. The Bertz CT molecular complexity index is 508. The van der Waals surface area contributed by atoms with Crippen molar-refractivity contribution in [3.8, 4) is 0 Å². The Labute approximate surface area is 118 Å². The van der Waals surface area contributed by atoms with Crippen LogP contribution >= 0.6 is 0 Å². The van der Waals surface area contributed by atoms with Gasteiger partial charge in [-0.1, -0.05) is 30.3 Å². The molecule has 0 amide bonds. The molecule has 2 aromatic rings. The lowest BCUT2D eigenvalue weighted by atomic mass is 10.0. The first kappa shape index (κ1) is 14.3. The standard InChI is InChI=1S/C16H19NO3/c1-19-16(18)14(10-15-8-5-9-20-15)12-17-11-13-6-3-2-4-7-13/h2-9,14,17H,10-12H2,1H3. The highest BCUT2D eigenvalue weighted by Crippen LogP contribution is 2.11. The van der Waals surface area contributed by atoms with Gasteiger partial charge < -0.3 is 14.5 Å². The van der Waals surface area contributed by atoms with Crippen molar-refractivity contribution in [2.75, 3.05) is 13.7 Å². The number of ether oxygens (including phenoxy) is 1. The van der Waals surface area contributed by atoms with Gasteiger partial charge >= 0.3 is 5.97 Å². The summed E-state index contributed by atoms with van der Waals surface area (Å²) in [6.45, 7) is 1.29. The molecule has 0 aliphatic rings. The fourth-order valence-electron chi connectivity index (χ4n) is 2.06. The molecule has 20 heavy (non-hydrogen) atoms. The van der Waals surface area contributed by atoms with E-state index in [0.717, 1.165) is 12.3 Å². The van der Waals surface area contributed by atoms with E-state index in [9.17, 15) is 4.79 Å². The van der Waals surface area contributed by atoms with Crippen LogP contribution in [0.25, 0.3) is 0 Å². The maximum atomic E-state index is 11.8. The van der Waals surface area contributed by atoms with Crippen molar-refractivity contribution in [1.29, 1.82) is 0 Å². The molecule has 0 radical (unpaired) electrons. The van der Waals surface area contributed by atoms with Crippen LogP contribution in [0, 0.1) is 5.92 Å². The van der Waals surface area contributed by atoms with E-state index in [4.69, 9.17) is 9.15 Å². The molecule has 1 unspecified atom stereocenters. The molecule has 1 aromatic heterocycles. The minimum Gasteiger partial charge on any atom is -0.469 e. The van der Waals surface area contributed by atoms with Crippen molar-refractivity contribution >= 4 is 5.97 Å². The van der Waals surface area contributed by atoms with E-state index in [1.807, 2.05) is 42.5 Å². The summed E-state index contributed by atoms with van der Waals surface area (Å²) in [7, 11) is 1.41. The van der Waals surface area contributed by atoms with Gasteiger partial charge in [0.15, 0.2) is 0 Å². The van der Waals surface area contributed by atoms with Gasteiger partial charge in [-0.2, -0.15) is 0 Å². The third-order valence-corrected chi connectivity index (χ3v) is 3.12. The second-order valence-electron chi connectivity index (χ2n) is 4.62. The van der Waals surface area contributed by atoms with Gasteiger partial charge in [0.1, 0.15) is 5.76 Å². The van der Waals surface area contributed by atoms with Crippen LogP contribution in [0.4, 0.5) is 0 Å². The second-order valence-corrected chi connectivity index (χ2v) is 4.62. The van der Waals surface area contributed by atoms with Gasteiger partial charge in [0.2, 0.25) is 0 Å². The van der Waals surface area contributed by atoms with Gasteiger partial charge in [0, 0.05) is 19.5 Å². The number of hydrogen-bond donors (Lipinski definition) is 1. The first-order chi connectivity index (χ1) is 9.79. The van der Waals surface area contributed by atoms with Crippen molar-refractivity contribution in [3.63, 3.8) is 0 Å². The molecule has 4 heteroatoms. The van der Waals surface area contributed by atoms with Gasteiger partial charge in [-0.15, -0.1) is 0 Å². The highest BCUT2D eigenvalue weighted by atomic mass is 16.5. The summed E-state index contributed by atoms with van der Waals surface area (Å²) in [4.78, 5) is 11.8. The third kappa shape index (κ3) is 4.24. The van der Waals surface area contributed by atoms with E-state index >= 15 is 0 Å². The number of methoxy groups -OCH3 is 1. The Morgan fingerprint density at radius 1 is 1.25 bits per heavy atom. The molecule has 0 spiro atoms. The van der Waals surface area contributed by atoms with Crippen molar-refractivity contribution in [1.82, 2.24) is 5.32 Å². The molecule has 1 N–H and O–H groups in total. The van der Waals surface area contributed by atoms with Gasteiger partial charge in [-0.05, 0) is 17.7 Å². The van der Waals surface area contributed by atoms with Crippen LogP contribution in [0.3, 0.4) is 0 Å². The van der Waals surface area contributed by atoms with Gasteiger partial charge in [0.05, 0.1) is 19.3 Å². The zero-order valence-electron chi connectivity index (χ0n) is 11.5. The van der Waals surface area contributed by atoms with E-state index in [1.54, 1.807) is 6.26 Å². The Hall–Kier alpha value is -2.07. The minimum atomic E-state index is -0.241. The van der Waals surface area contributed by atoms with Crippen LogP contribution in [-0.2, 0) is 22.5 Å². The van der Waals surface area contributed by atoms with Gasteiger partial charge in [-0.25, -0.2) is 0 Å². The molecule has 1 atom stereocenters. The molecule has 0 aliphatic carbocycles. The minimum absolute atomic E-state index is 0.220. The van der Waals surface area contributed by atoms with Crippen LogP contribution in [0.1, 0.15) is 11.3 Å². The predicted molar refractivity (Wildman–Crippen MR) is 76.1 cm³/mol. The number of benzene rings is 1. The summed E-state index contributed by atoms with van der Waals surface area (Å²) in [5.74, 6) is 0.332. The molecule has 0 saturated heterocycles. The molecular formula is C16H19NO3. The second kappa shape index (κ2) is 7.50. The molecule has 4 nitrogen and oxygen atoms in total. The van der Waals surface area contributed by atoms with E-state index in [-0.39, 0.29) is 11.9 Å². The normalized spacial score (nSPS) is 12.1. The fourth-order valence-corrected chi connectivity index (χ4v) is 2.06. The molecule has 0 aliphatic heterocycles. The van der Waals surface area contributed by atoms with Crippen LogP contribution in [0.15, 0.2) is 53.1 Å². The van der Waals surface area contributed by atoms with Gasteiger partial charge in [-0.3, -0.25) is 4.79 Å². The van der Waals surface area contributed by atoms with Gasteiger partial charge in [0.25, 0.3) is 0 Å². The Morgan fingerprint density at radius 3 is 2.70 bits per heavy atom. The Balaban J connectivity index is 1.86. The van der Waals surface area contributed by atoms with E-state index in [1.165, 1.54) is 12.7 Å². The topological polar surface area (TPSA) is 51.5 Å². The highest BCUT2D eigenvalue weighted by Gasteiger charge is 2.20. The summed E-state index contributed by atoms with van der Waals surface area (Å²) in [5, 5.41) is 3.29. The molecule has 1 aromatic carbocycles. The largest absolute Gasteiger partial charge is 0.469 e. The molecule has 0 saturated carbocycles. The number of carbonyl (C=O) groups is 1.